The quantitative estimate of drug-likeness (QED) is 0.595. The Bertz CT molecular complexity index is 149. The third kappa shape index (κ3) is 5.24. The molecule has 1 aliphatic heterocycles. The van der Waals surface area contributed by atoms with Crippen LogP contribution in [0.2, 0.25) is 0 Å². The molecule has 0 amide bonds. The van der Waals surface area contributed by atoms with Crippen molar-refractivity contribution in [1.29, 1.82) is 0 Å². The molecule has 0 saturated carbocycles. The first-order valence-corrected chi connectivity index (χ1v) is 9.82. The summed E-state index contributed by atoms with van der Waals surface area (Å²) in [7, 11) is 11.3. The molecule has 1 heterocycles. The number of hydrogen-bond acceptors (Lipinski definition) is 6. The Hall–Kier alpha value is 1.45. The molecule has 1 aliphatic rings. The Morgan fingerprint density at radius 3 is 3.08 bits per heavy atom. The molecular weight excluding hydrogens is 246 g/mol. The highest BCUT2D eigenvalue weighted by atomic mass is 33.8. The van der Waals surface area contributed by atoms with Gasteiger partial charge in [0.15, 0.2) is 0 Å². The van der Waals surface area contributed by atoms with Gasteiger partial charge in [-0.2, -0.15) is 0 Å². The van der Waals surface area contributed by atoms with Gasteiger partial charge in [-0.25, -0.2) is 0 Å². The molecule has 0 aromatic rings. The first-order valence-electron chi connectivity index (χ1n) is 3.60. The van der Waals surface area contributed by atoms with Crippen molar-refractivity contribution in [2.45, 2.75) is 12.8 Å². The average Bonchev–Trinajstić information content (AvgIpc) is 2.33. The third-order valence-electron chi connectivity index (χ3n) is 1.27. The fourth-order valence-corrected chi connectivity index (χ4v) is 9.39. The molecule has 0 aromatic carbocycles. The summed E-state index contributed by atoms with van der Waals surface area (Å²) in [6.07, 6.45) is 2.46. The molecule has 0 aromatic heterocycles. The maximum atomic E-state index is 3.16. The lowest BCUT2D eigenvalue weighted by Crippen LogP contribution is -2.06. The van der Waals surface area contributed by atoms with Gasteiger partial charge in [0.25, 0.3) is 0 Å². The van der Waals surface area contributed by atoms with Gasteiger partial charge in [-0.15, -0.1) is 0 Å². The van der Waals surface area contributed by atoms with Crippen LogP contribution in [0.1, 0.15) is 12.8 Å². The predicted octanol–water partition coefficient (Wildman–Crippen LogP) is 4.17. The molecule has 0 aliphatic carbocycles. The van der Waals surface area contributed by atoms with Crippen molar-refractivity contribution in [1.82, 2.24) is 5.32 Å². The van der Waals surface area contributed by atoms with E-state index in [0.717, 1.165) is 6.54 Å². The number of nitrogens with one attached hydrogen (secondary N) is 1. The molecule has 1 nitrogen and oxygen atoms in total. The van der Waals surface area contributed by atoms with Gasteiger partial charge in [-0.05, 0) is 72.1 Å². The Morgan fingerprint density at radius 2 is 2.25 bits per heavy atom. The highest BCUT2D eigenvalue weighted by Crippen LogP contribution is 2.55. The first kappa shape index (κ1) is 11.5. The predicted molar refractivity (Wildman–Crippen MR) is 69.2 cm³/mol. The normalized spacial score (nSPS) is 18.6. The molecule has 0 spiro atoms. The van der Waals surface area contributed by atoms with Crippen molar-refractivity contribution in [3.8, 4) is 0 Å². The third-order valence-corrected chi connectivity index (χ3v) is 9.61. The van der Waals surface area contributed by atoms with Crippen molar-refractivity contribution in [3.63, 3.8) is 0 Å². The van der Waals surface area contributed by atoms with E-state index < -0.39 is 0 Å². The summed E-state index contributed by atoms with van der Waals surface area (Å²) in [5.74, 6) is 0. The van der Waals surface area contributed by atoms with Crippen LogP contribution in [0.3, 0.4) is 0 Å². The summed E-state index contributed by atoms with van der Waals surface area (Å²) < 4.78 is 0. The van der Waals surface area contributed by atoms with E-state index in [1.54, 1.807) is 0 Å². The van der Waals surface area contributed by atoms with Crippen LogP contribution in [0.15, 0.2) is 10.3 Å². The van der Waals surface area contributed by atoms with E-state index in [0.29, 0.717) is 0 Å². The van der Waals surface area contributed by atoms with Crippen LogP contribution >= 0.6 is 51.1 Å². The summed E-state index contributed by atoms with van der Waals surface area (Å²) in [6.45, 7) is 1.12. The summed E-state index contributed by atoms with van der Waals surface area (Å²) in [5, 5.41) is 5.44. The van der Waals surface area contributed by atoms with Gasteiger partial charge >= 0.3 is 0 Å². The van der Waals surface area contributed by atoms with Crippen LogP contribution in [-0.2, 0) is 0 Å². The molecule has 1 N–H and O–H groups in total. The van der Waals surface area contributed by atoms with Gasteiger partial charge in [0.1, 0.15) is 0 Å². The molecule has 70 valence electrons. The maximum Gasteiger partial charge on any atom is 0.00389 e. The lowest BCUT2D eigenvalue weighted by atomic mass is 10.3. The minimum absolute atomic E-state index is 1.12. The van der Waals surface area contributed by atoms with E-state index in [-0.39, 0.29) is 0 Å². The Morgan fingerprint density at radius 1 is 1.33 bits per heavy atom. The zero-order chi connectivity index (χ0) is 8.65. The molecule has 12 heavy (non-hydrogen) atoms. The molecule has 6 heteroatoms. The van der Waals surface area contributed by atoms with E-state index in [1.807, 2.05) is 58.1 Å². The van der Waals surface area contributed by atoms with Gasteiger partial charge in [0.2, 0.25) is 0 Å². The van der Waals surface area contributed by atoms with Gasteiger partial charge in [0.05, 0.1) is 0 Å². The van der Waals surface area contributed by atoms with Crippen LogP contribution in [-0.4, -0.2) is 13.6 Å². The molecular formula is C6H11NS5. The number of rotatable bonds is 4. The van der Waals surface area contributed by atoms with E-state index in [9.17, 15) is 0 Å². The van der Waals surface area contributed by atoms with Crippen LogP contribution in [0, 0.1) is 0 Å². The van der Waals surface area contributed by atoms with Crippen LogP contribution < -0.4 is 5.32 Å². The van der Waals surface area contributed by atoms with E-state index >= 15 is 0 Å². The molecule has 0 bridgehead atoms. The van der Waals surface area contributed by atoms with E-state index in [2.05, 4.69) is 10.7 Å². The molecule has 0 fully saturated rings. The summed E-state index contributed by atoms with van der Waals surface area (Å²) in [5.41, 5.74) is 0. The van der Waals surface area contributed by atoms with Gasteiger partial charge in [-0.3, -0.25) is 0 Å². The lowest BCUT2D eigenvalue weighted by Gasteiger charge is -2.01. The Labute approximate surface area is 92.6 Å². The van der Waals surface area contributed by atoms with Gasteiger partial charge in [-0.1, -0.05) is 10.8 Å². The van der Waals surface area contributed by atoms with Crippen molar-refractivity contribution in [2.75, 3.05) is 13.6 Å². The highest BCUT2D eigenvalue weighted by molar-refractivity contribution is 9.36. The second kappa shape index (κ2) is 7.82. The van der Waals surface area contributed by atoms with E-state index in [4.69, 9.17) is 0 Å². The minimum atomic E-state index is 1.12. The standard InChI is InChI=1S/C6H11NS5/c1-7-4-2-3-6-5-8-10-12-11-9-6/h5,7H,2-4H2,1H3. The Kier molecular flexibility index (Phi) is 7.51. The largest absolute Gasteiger partial charge is 0.320 e. The smallest absolute Gasteiger partial charge is 0.00389 e. The zero-order valence-corrected chi connectivity index (χ0v) is 10.8. The molecule has 0 radical (unpaired) electrons. The summed E-state index contributed by atoms with van der Waals surface area (Å²) >= 11 is 0. The Balaban J connectivity index is 2.15. The molecule has 1 rings (SSSR count). The molecule has 0 unspecified atom stereocenters. The van der Waals surface area contributed by atoms with Crippen LogP contribution in [0.4, 0.5) is 0 Å². The van der Waals surface area contributed by atoms with Crippen LogP contribution in [0.25, 0.3) is 0 Å². The van der Waals surface area contributed by atoms with Crippen molar-refractivity contribution >= 4 is 51.1 Å². The highest BCUT2D eigenvalue weighted by Gasteiger charge is 2.04. The fourth-order valence-electron chi connectivity index (χ4n) is 0.718. The first-order chi connectivity index (χ1) is 5.93. The second-order valence-electron chi connectivity index (χ2n) is 2.17. The minimum Gasteiger partial charge on any atom is -0.320 e. The fraction of sp³-hybridized carbons (Fsp3) is 0.667. The maximum absolute atomic E-state index is 3.16. The second-order valence-corrected chi connectivity index (χ2v) is 9.68. The average molecular weight is 257 g/mol. The van der Waals surface area contributed by atoms with Gasteiger partial charge < -0.3 is 5.32 Å². The zero-order valence-electron chi connectivity index (χ0n) is 6.74. The SMILES string of the molecule is CNCCCC1=CSSSSS1. The summed E-state index contributed by atoms with van der Waals surface area (Å²) in [4.78, 5) is 1.51. The monoisotopic (exact) mass is 257 g/mol. The topological polar surface area (TPSA) is 12.0 Å². The molecule has 0 atom stereocenters. The van der Waals surface area contributed by atoms with Crippen molar-refractivity contribution < 1.29 is 0 Å². The number of allylic oxidation sites excluding steroid dienone is 1. The van der Waals surface area contributed by atoms with Crippen LogP contribution in [0.5, 0.6) is 0 Å². The lowest BCUT2D eigenvalue weighted by molar-refractivity contribution is 0.733. The number of hydrogen-bond donors (Lipinski definition) is 1. The molecule has 0 saturated heterocycles. The summed E-state index contributed by atoms with van der Waals surface area (Å²) in [6, 6.07) is 0. The van der Waals surface area contributed by atoms with Crippen molar-refractivity contribution in [3.05, 3.63) is 10.3 Å². The van der Waals surface area contributed by atoms with Gasteiger partial charge in [0, 0.05) is 4.91 Å². The van der Waals surface area contributed by atoms with E-state index in [1.165, 1.54) is 17.7 Å². The van der Waals surface area contributed by atoms with Crippen molar-refractivity contribution in [2.24, 2.45) is 0 Å².